The first-order valence-electron chi connectivity index (χ1n) is 4.29. The van der Waals surface area contributed by atoms with Gasteiger partial charge in [0.2, 0.25) is 0 Å². The van der Waals surface area contributed by atoms with E-state index in [-0.39, 0.29) is 0 Å². The zero-order chi connectivity index (χ0) is 10.7. The zero-order valence-electron chi connectivity index (χ0n) is 7.67. The van der Waals surface area contributed by atoms with Crippen molar-refractivity contribution < 1.29 is 4.52 Å². The Balaban J connectivity index is 1.83. The maximum Gasteiger partial charge on any atom is 0.124 e. The summed E-state index contributed by atoms with van der Waals surface area (Å²) in [5, 5.41) is 7.11. The number of nitrogens with one attached hydrogen (secondary N) is 1. The van der Waals surface area contributed by atoms with Gasteiger partial charge in [0.15, 0.2) is 0 Å². The van der Waals surface area contributed by atoms with Crippen LogP contribution in [0.2, 0.25) is 0 Å². The molecule has 0 atom stereocenters. The Kier molecular flexibility index (Phi) is 3.96. The van der Waals surface area contributed by atoms with Crippen LogP contribution in [-0.4, -0.2) is 5.16 Å². The van der Waals surface area contributed by atoms with Crippen molar-refractivity contribution in [2.75, 3.05) is 0 Å². The summed E-state index contributed by atoms with van der Waals surface area (Å²) in [7, 11) is 0. The quantitative estimate of drug-likeness (QED) is 0.915. The summed E-state index contributed by atoms with van der Waals surface area (Å²) in [6.45, 7) is 1.56. The van der Waals surface area contributed by atoms with Crippen molar-refractivity contribution in [3.8, 4) is 0 Å². The summed E-state index contributed by atoms with van der Waals surface area (Å²) < 4.78 is 6.97. The third-order valence-corrected chi connectivity index (χ3v) is 5.05. The molecule has 1 N–H and O–H groups in total. The molecule has 0 bridgehead atoms. The molecule has 0 aromatic carbocycles. The molecule has 0 fully saturated rings. The molecule has 2 rings (SSSR count). The van der Waals surface area contributed by atoms with Gasteiger partial charge in [-0.1, -0.05) is 5.16 Å². The van der Waals surface area contributed by atoms with E-state index >= 15 is 0 Å². The molecule has 2 aromatic heterocycles. The Bertz CT molecular complexity index is 408. The lowest BCUT2D eigenvalue weighted by Gasteiger charge is -1.98. The molecule has 3 nitrogen and oxygen atoms in total. The van der Waals surface area contributed by atoms with Crippen molar-refractivity contribution >= 4 is 43.2 Å². The topological polar surface area (TPSA) is 38.1 Å². The average Bonchev–Trinajstić information content (AvgIpc) is 2.79. The van der Waals surface area contributed by atoms with Gasteiger partial charge in [-0.25, -0.2) is 0 Å². The van der Waals surface area contributed by atoms with Gasteiger partial charge in [0.25, 0.3) is 0 Å². The minimum atomic E-state index is 0.726. The molecular weight excluding hydrogens is 344 g/mol. The summed E-state index contributed by atoms with van der Waals surface area (Å²) in [4.78, 5) is 1.28. The monoisotopic (exact) mass is 350 g/mol. The fraction of sp³-hybridized carbons (Fsp3) is 0.222. The summed E-state index contributed by atoms with van der Waals surface area (Å²) >= 11 is 8.63. The van der Waals surface area contributed by atoms with E-state index in [2.05, 4.69) is 48.4 Å². The Morgan fingerprint density at radius 3 is 2.87 bits per heavy atom. The molecule has 2 aromatic rings. The second-order valence-electron chi connectivity index (χ2n) is 2.93. The van der Waals surface area contributed by atoms with Crippen LogP contribution in [0.1, 0.15) is 10.6 Å². The number of halogens is 2. The van der Waals surface area contributed by atoms with E-state index in [0.717, 1.165) is 27.0 Å². The molecule has 0 aliphatic rings. The molecule has 0 spiro atoms. The van der Waals surface area contributed by atoms with Crippen LogP contribution >= 0.6 is 43.2 Å². The summed E-state index contributed by atoms with van der Waals surface area (Å²) in [6.07, 6.45) is 1.58. The van der Waals surface area contributed by atoms with Crippen LogP contribution < -0.4 is 5.32 Å². The SMILES string of the molecule is Brc1cc(CNCc2ccon2)sc1Br. The number of rotatable bonds is 4. The number of hydrogen-bond acceptors (Lipinski definition) is 4. The van der Waals surface area contributed by atoms with Gasteiger partial charge in [-0.15, -0.1) is 11.3 Å². The van der Waals surface area contributed by atoms with Gasteiger partial charge in [-0.3, -0.25) is 0 Å². The van der Waals surface area contributed by atoms with Crippen molar-refractivity contribution in [3.63, 3.8) is 0 Å². The molecular formula is C9H8Br2N2OS. The fourth-order valence-corrected chi connectivity index (χ4v) is 3.27. The molecule has 0 aliphatic carbocycles. The van der Waals surface area contributed by atoms with Crippen molar-refractivity contribution in [2.45, 2.75) is 13.1 Å². The predicted molar refractivity (Wildman–Crippen MR) is 66.8 cm³/mol. The van der Waals surface area contributed by atoms with E-state index < -0.39 is 0 Å². The smallest absolute Gasteiger partial charge is 0.124 e. The Morgan fingerprint density at radius 2 is 2.27 bits per heavy atom. The maximum atomic E-state index is 4.74. The summed E-state index contributed by atoms with van der Waals surface area (Å²) in [6, 6.07) is 3.96. The lowest BCUT2D eigenvalue weighted by Crippen LogP contribution is -2.11. The molecule has 0 saturated carbocycles. The third-order valence-electron chi connectivity index (χ3n) is 1.79. The molecule has 15 heavy (non-hydrogen) atoms. The van der Waals surface area contributed by atoms with Gasteiger partial charge in [0, 0.05) is 28.5 Å². The Hall–Kier alpha value is -0.170. The van der Waals surface area contributed by atoms with Crippen molar-refractivity contribution in [1.29, 1.82) is 0 Å². The van der Waals surface area contributed by atoms with E-state index in [1.807, 2.05) is 6.07 Å². The normalized spacial score (nSPS) is 10.8. The Morgan fingerprint density at radius 1 is 1.40 bits per heavy atom. The predicted octanol–water partition coefficient (Wildman–Crippen LogP) is 3.55. The van der Waals surface area contributed by atoms with E-state index in [1.54, 1.807) is 17.6 Å². The molecule has 0 amide bonds. The van der Waals surface area contributed by atoms with E-state index in [4.69, 9.17) is 4.52 Å². The van der Waals surface area contributed by atoms with Crippen LogP contribution in [0, 0.1) is 0 Å². The standard InChI is InChI=1S/C9H8Br2N2OS/c10-8-3-7(15-9(8)11)5-12-4-6-1-2-14-13-6/h1-3,12H,4-5H2. The largest absolute Gasteiger partial charge is 0.364 e. The van der Waals surface area contributed by atoms with Gasteiger partial charge in [-0.2, -0.15) is 0 Å². The highest BCUT2D eigenvalue weighted by atomic mass is 79.9. The highest BCUT2D eigenvalue weighted by molar-refractivity contribution is 9.13. The summed E-state index contributed by atoms with van der Waals surface area (Å²) in [5.74, 6) is 0. The highest BCUT2D eigenvalue weighted by Gasteiger charge is 2.03. The van der Waals surface area contributed by atoms with E-state index in [1.165, 1.54) is 4.88 Å². The van der Waals surface area contributed by atoms with Crippen LogP contribution in [0.15, 0.2) is 31.2 Å². The average molecular weight is 352 g/mol. The van der Waals surface area contributed by atoms with Gasteiger partial charge >= 0.3 is 0 Å². The second kappa shape index (κ2) is 5.25. The molecule has 0 radical (unpaired) electrons. The van der Waals surface area contributed by atoms with Crippen LogP contribution in [0.25, 0.3) is 0 Å². The third kappa shape index (κ3) is 3.14. The second-order valence-corrected chi connectivity index (χ2v) is 6.24. The van der Waals surface area contributed by atoms with Gasteiger partial charge in [0.05, 0.1) is 9.48 Å². The molecule has 80 valence electrons. The molecule has 0 saturated heterocycles. The maximum absolute atomic E-state index is 4.74. The molecule has 0 unspecified atom stereocenters. The minimum absolute atomic E-state index is 0.726. The van der Waals surface area contributed by atoms with Crippen molar-refractivity contribution in [1.82, 2.24) is 10.5 Å². The van der Waals surface area contributed by atoms with E-state index in [9.17, 15) is 0 Å². The first-order valence-corrected chi connectivity index (χ1v) is 6.69. The molecule has 0 aliphatic heterocycles. The molecule has 2 heterocycles. The zero-order valence-corrected chi connectivity index (χ0v) is 11.7. The molecule has 6 heteroatoms. The van der Waals surface area contributed by atoms with Gasteiger partial charge in [-0.05, 0) is 37.9 Å². The highest BCUT2D eigenvalue weighted by Crippen LogP contribution is 2.32. The van der Waals surface area contributed by atoms with Crippen LogP contribution in [0.3, 0.4) is 0 Å². The van der Waals surface area contributed by atoms with Gasteiger partial charge < -0.3 is 9.84 Å². The fourth-order valence-electron chi connectivity index (χ4n) is 1.12. The van der Waals surface area contributed by atoms with E-state index in [0.29, 0.717) is 0 Å². The first kappa shape index (κ1) is 11.3. The number of aromatic nitrogens is 1. The number of thiophene rings is 1. The lowest BCUT2D eigenvalue weighted by molar-refractivity contribution is 0.408. The number of hydrogen-bond donors (Lipinski definition) is 1. The van der Waals surface area contributed by atoms with Crippen LogP contribution in [0.4, 0.5) is 0 Å². The first-order chi connectivity index (χ1) is 7.25. The summed E-state index contributed by atoms with van der Waals surface area (Å²) in [5.41, 5.74) is 0.921. The Labute approximate surface area is 108 Å². The van der Waals surface area contributed by atoms with Crippen LogP contribution in [0.5, 0.6) is 0 Å². The lowest BCUT2D eigenvalue weighted by atomic mass is 10.4. The van der Waals surface area contributed by atoms with Crippen molar-refractivity contribution in [3.05, 3.63) is 37.2 Å². The van der Waals surface area contributed by atoms with Crippen molar-refractivity contribution in [2.24, 2.45) is 0 Å². The minimum Gasteiger partial charge on any atom is -0.364 e. The van der Waals surface area contributed by atoms with Crippen LogP contribution in [-0.2, 0) is 13.1 Å². The van der Waals surface area contributed by atoms with Gasteiger partial charge in [0.1, 0.15) is 6.26 Å². The number of nitrogens with zero attached hydrogens (tertiary/aromatic N) is 1.